The molecule has 4 rings (SSSR count). The molecule has 0 aliphatic rings. The van der Waals surface area contributed by atoms with Crippen LogP contribution >= 0.6 is 11.8 Å². The molecule has 6 nitrogen and oxygen atoms in total. The molecule has 0 bridgehead atoms. The Kier molecular flexibility index (Phi) is 5.34. The van der Waals surface area contributed by atoms with Crippen LogP contribution in [0.15, 0.2) is 82.9 Å². The summed E-state index contributed by atoms with van der Waals surface area (Å²) in [5, 5.41) is 17.9. The van der Waals surface area contributed by atoms with E-state index in [9.17, 15) is 0 Å². The van der Waals surface area contributed by atoms with Crippen LogP contribution in [0.25, 0.3) is 22.8 Å². The van der Waals surface area contributed by atoms with Gasteiger partial charge in [-0.1, -0.05) is 66.4 Å². The maximum Gasteiger partial charge on any atom is 0.247 e. The Morgan fingerprint density at radius 1 is 0.964 bits per heavy atom. The minimum atomic E-state index is -0.0682. The second-order valence-corrected chi connectivity index (χ2v) is 7.45. The van der Waals surface area contributed by atoms with Crippen LogP contribution in [-0.2, 0) is 6.54 Å². The third-order valence-corrected chi connectivity index (χ3v) is 5.22. The molecule has 0 spiro atoms. The van der Waals surface area contributed by atoms with Crippen LogP contribution in [0, 0.1) is 0 Å². The van der Waals surface area contributed by atoms with Gasteiger partial charge in [-0.3, -0.25) is 4.57 Å². The van der Waals surface area contributed by atoms with Crippen molar-refractivity contribution in [1.82, 2.24) is 25.0 Å². The van der Waals surface area contributed by atoms with Crippen LogP contribution in [0.5, 0.6) is 0 Å². The van der Waals surface area contributed by atoms with Gasteiger partial charge in [0, 0.05) is 17.7 Å². The summed E-state index contributed by atoms with van der Waals surface area (Å²) in [5.74, 6) is 1.88. The van der Waals surface area contributed by atoms with E-state index in [2.05, 4.69) is 27.0 Å². The van der Waals surface area contributed by atoms with Crippen molar-refractivity contribution in [3.8, 4) is 22.8 Å². The lowest BCUT2D eigenvalue weighted by Crippen LogP contribution is -2.01. The first-order valence-electron chi connectivity index (χ1n) is 8.91. The van der Waals surface area contributed by atoms with Crippen LogP contribution < -0.4 is 0 Å². The minimum absolute atomic E-state index is 0.0682. The van der Waals surface area contributed by atoms with Gasteiger partial charge < -0.3 is 4.42 Å². The van der Waals surface area contributed by atoms with Gasteiger partial charge in [0.05, 0.1) is 5.25 Å². The molecule has 4 aromatic rings. The molecule has 0 aliphatic carbocycles. The standard InChI is InChI=1S/C21H19N5OS/c1-3-14-26-18(16-10-6-4-7-11-16)22-25-21(26)28-15(2)19-23-24-20(27-19)17-12-8-5-9-13-17/h3-13,15H,1,14H2,2H3/t15-/m1/s1. The first-order valence-corrected chi connectivity index (χ1v) is 9.79. The Hall–Kier alpha value is -3.19. The Morgan fingerprint density at radius 3 is 2.32 bits per heavy atom. The number of allylic oxidation sites excluding steroid dienone is 1. The van der Waals surface area contributed by atoms with Gasteiger partial charge in [-0.2, -0.15) is 0 Å². The van der Waals surface area contributed by atoms with Crippen molar-refractivity contribution in [3.63, 3.8) is 0 Å². The minimum Gasteiger partial charge on any atom is -0.419 e. The van der Waals surface area contributed by atoms with E-state index in [4.69, 9.17) is 4.42 Å². The molecule has 28 heavy (non-hydrogen) atoms. The van der Waals surface area contributed by atoms with Gasteiger partial charge in [0.1, 0.15) is 0 Å². The number of aromatic nitrogens is 5. The van der Waals surface area contributed by atoms with Gasteiger partial charge in [-0.25, -0.2) is 0 Å². The normalized spacial score (nSPS) is 12.0. The SMILES string of the molecule is C=CCn1c(S[C@H](C)c2nnc(-c3ccccc3)o2)nnc1-c1ccccc1. The van der Waals surface area contributed by atoms with Crippen molar-refractivity contribution in [2.75, 3.05) is 0 Å². The Bertz CT molecular complexity index is 1060. The van der Waals surface area contributed by atoms with E-state index < -0.39 is 0 Å². The number of hydrogen-bond acceptors (Lipinski definition) is 6. The summed E-state index contributed by atoms with van der Waals surface area (Å²) in [5.41, 5.74) is 1.92. The van der Waals surface area contributed by atoms with Crippen LogP contribution in [-0.4, -0.2) is 25.0 Å². The summed E-state index contributed by atoms with van der Waals surface area (Å²) in [7, 11) is 0. The van der Waals surface area contributed by atoms with Crippen molar-refractivity contribution in [2.45, 2.75) is 23.9 Å². The second kappa shape index (κ2) is 8.22. The summed E-state index contributed by atoms with van der Waals surface area (Å²) in [4.78, 5) is 0. The molecule has 0 fully saturated rings. The zero-order valence-corrected chi connectivity index (χ0v) is 16.2. The fourth-order valence-corrected chi connectivity index (χ4v) is 3.66. The third-order valence-electron chi connectivity index (χ3n) is 4.15. The second-order valence-electron chi connectivity index (χ2n) is 6.14. The van der Waals surface area contributed by atoms with Crippen LogP contribution in [0.1, 0.15) is 18.1 Å². The highest BCUT2D eigenvalue weighted by Crippen LogP contribution is 2.35. The zero-order valence-electron chi connectivity index (χ0n) is 15.4. The number of benzene rings is 2. The number of rotatable bonds is 7. The number of thioether (sulfide) groups is 1. The largest absolute Gasteiger partial charge is 0.419 e. The van der Waals surface area contributed by atoms with E-state index in [0.717, 1.165) is 22.1 Å². The lowest BCUT2D eigenvalue weighted by atomic mass is 10.2. The summed E-state index contributed by atoms with van der Waals surface area (Å²) in [6.07, 6.45) is 1.84. The fraction of sp³-hybridized carbons (Fsp3) is 0.143. The number of nitrogens with zero attached hydrogens (tertiary/aromatic N) is 5. The van der Waals surface area contributed by atoms with Gasteiger partial charge in [0.15, 0.2) is 11.0 Å². The summed E-state index contributed by atoms with van der Waals surface area (Å²) < 4.78 is 7.91. The molecule has 1 atom stereocenters. The van der Waals surface area contributed by atoms with Gasteiger partial charge in [0.25, 0.3) is 0 Å². The molecule has 0 radical (unpaired) electrons. The molecule has 140 valence electrons. The lowest BCUT2D eigenvalue weighted by Gasteiger charge is -2.09. The molecule has 2 aromatic carbocycles. The van der Waals surface area contributed by atoms with Crippen molar-refractivity contribution in [3.05, 3.63) is 79.2 Å². The summed E-state index contributed by atoms with van der Waals surface area (Å²) in [6.45, 7) is 6.49. The van der Waals surface area contributed by atoms with Crippen LogP contribution in [0.3, 0.4) is 0 Å². The van der Waals surface area contributed by atoms with E-state index in [0.29, 0.717) is 18.3 Å². The molecule has 0 unspecified atom stereocenters. The molecular weight excluding hydrogens is 370 g/mol. The molecule has 2 aromatic heterocycles. The predicted molar refractivity (Wildman–Crippen MR) is 110 cm³/mol. The third kappa shape index (κ3) is 3.75. The molecule has 0 aliphatic heterocycles. The topological polar surface area (TPSA) is 69.6 Å². The molecule has 2 heterocycles. The average Bonchev–Trinajstić information content (AvgIpc) is 3.38. The van der Waals surface area contributed by atoms with Crippen LogP contribution in [0.4, 0.5) is 0 Å². The van der Waals surface area contributed by atoms with Gasteiger partial charge in [0.2, 0.25) is 11.8 Å². The fourth-order valence-electron chi connectivity index (χ4n) is 2.78. The zero-order chi connectivity index (χ0) is 19.3. The van der Waals surface area contributed by atoms with Gasteiger partial charge in [-0.05, 0) is 19.1 Å². The summed E-state index contributed by atoms with van der Waals surface area (Å²) in [6, 6.07) is 19.7. The summed E-state index contributed by atoms with van der Waals surface area (Å²) >= 11 is 1.53. The van der Waals surface area contributed by atoms with Gasteiger partial charge in [-0.15, -0.1) is 27.0 Å². The number of hydrogen-bond donors (Lipinski definition) is 0. The Balaban J connectivity index is 1.58. The Labute approximate surface area is 167 Å². The van der Waals surface area contributed by atoms with E-state index in [-0.39, 0.29) is 5.25 Å². The smallest absolute Gasteiger partial charge is 0.247 e. The highest BCUT2D eigenvalue weighted by molar-refractivity contribution is 7.99. The van der Waals surface area contributed by atoms with Crippen molar-refractivity contribution in [1.29, 1.82) is 0 Å². The molecule has 0 saturated carbocycles. The van der Waals surface area contributed by atoms with E-state index in [1.165, 1.54) is 11.8 Å². The molecule has 0 saturated heterocycles. The highest BCUT2D eigenvalue weighted by Gasteiger charge is 2.21. The Morgan fingerprint density at radius 2 is 1.64 bits per heavy atom. The molecule has 0 N–H and O–H groups in total. The lowest BCUT2D eigenvalue weighted by molar-refractivity contribution is 0.508. The van der Waals surface area contributed by atoms with Crippen molar-refractivity contribution >= 4 is 11.8 Å². The average molecular weight is 389 g/mol. The predicted octanol–water partition coefficient (Wildman–Crippen LogP) is 5.03. The maximum absolute atomic E-state index is 5.87. The van der Waals surface area contributed by atoms with Crippen LogP contribution in [0.2, 0.25) is 0 Å². The van der Waals surface area contributed by atoms with E-state index >= 15 is 0 Å². The van der Waals surface area contributed by atoms with E-state index in [1.54, 1.807) is 0 Å². The maximum atomic E-state index is 5.87. The quantitative estimate of drug-likeness (QED) is 0.326. The highest BCUT2D eigenvalue weighted by atomic mass is 32.2. The van der Waals surface area contributed by atoms with E-state index in [1.807, 2.05) is 78.2 Å². The monoisotopic (exact) mass is 389 g/mol. The first-order chi connectivity index (χ1) is 13.8. The van der Waals surface area contributed by atoms with Gasteiger partial charge >= 0.3 is 0 Å². The first kappa shape index (κ1) is 18.2. The van der Waals surface area contributed by atoms with Crippen molar-refractivity contribution in [2.24, 2.45) is 0 Å². The molecule has 0 amide bonds. The van der Waals surface area contributed by atoms with Crippen molar-refractivity contribution < 1.29 is 4.42 Å². The molecular formula is C21H19N5OS. The molecule has 7 heteroatoms.